The number of hydrogen-bond acceptors (Lipinski definition) is 6. The van der Waals surface area contributed by atoms with Crippen LogP contribution in [0.1, 0.15) is 27.2 Å². The summed E-state index contributed by atoms with van der Waals surface area (Å²) in [7, 11) is 6.68. The van der Waals surface area contributed by atoms with Gasteiger partial charge in [0.2, 0.25) is 5.75 Å². The number of rotatable bonds is 5. The Balaban J connectivity index is 1.95. The van der Waals surface area contributed by atoms with E-state index in [4.69, 9.17) is 19.2 Å². The molecule has 0 aliphatic carbocycles. The summed E-state index contributed by atoms with van der Waals surface area (Å²) in [6.07, 6.45) is 1.99. The lowest BCUT2D eigenvalue weighted by Crippen LogP contribution is -2.28. The topological polar surface area (TPSA) is 81.1 Å². The predicted molar refractivity (Wildman–Crippen MR) is 119 cm³/mol. The first-order valence-electron chi connectivity index (χ1n) is 9.81. The second kappa shape index (κ2) is 8.28. The first-order valence-corrected chi connectivity index (χ1v) is 9.81. The van der Waals surface area contributed by atoms with Crippen LogP contribution in [0, 0.1) is 0 Å². The van der Waals surface area contributed by atoms with Crippen LogP contribution in [0.3, 0.4) is 0 Å². The number of carbonyl (C=O) groups is 1. The van der Waals surface area contributed by atoms with Crippen LogP contribution < -0.4 is 14.2 Å². The van der Waals surface area contributed by atoms with Crippen LogP contribution in [0.25, 0.3) is 22.6 Å². The summed E-state index contributed by atoms with van der Waals surface area (Å²) in [4.78, 5) is 19.1. The predicted octanol–water partition coefficient (Wildman–Crippen LogP) is 3.94. The minimum atomic E-state index is -0.947. The Morgan fingerprint density at radius 1 is 1.06 bits per heavy atom. The Morgan fingerprint density at radius 2 is 1.74 bits per heavy atom. The number of aromatic carboxylic acids is 1. The van der Waals surface area contributed by atoms with Gasteiger partial charge in [-0.05, 0) is 42.5 Å². The highest BCUT2D eigenvalue weighted by Crippen LogP contribution is 2.40. The number of methoxy groups -OCH3 is 3. The van der Waals surface area contributed by atoms with Gasteiger partial charge in [-0.15, -0.1) is 0 Å². The molecule has 1 aliphatic heterocycles. The highest BCUT2D eigenvalue weighted by atomic mass is 16.5. The molecule has 1 aliphatic rings. The Hall–Kier alpha value is -3.58. The molecule has 2 heterocycles. The molecule has 7 heteroatoms. The number of likely N-dealkylation sites (N-methyl/N-ethyl adjacent to an activating group) is 1. The summed E-state index contributed by atoms with van der Waals surface area (Å²) in [5.41, 5.74) is 4.17. The fraction of sp³-hybridized carbons (Fsp3) is 0.250. The number of para-hydroxylation sites is 1. The van der Waals surface area contributed by atoms with Crippen molar-refractivity contribution in [3.8, 4) is 17.2 Å². The van der Waals surface area contributed by atoms with E-state index in [0.29, 0.717) is 52.5 Å². The Kier molecular flexibility index (Phi) is 5.52. The second-order valence-electron chi connectivity index (χ2n) is 7.44. The van der Waals surface area contributed by atoms with Gasteiger partial charge < -0.3 is 19.3 Å². The summed E-state index contributed by atoms with van der Waals surface area (Å²) in [5, 5.41) is 10.6. The SMILES string of the molecule is COc1cc(/C=C2\CN(C)Cc3c2nc2ccccc2c3C(=O)O)cc(OC)c1OC. The molecule has 0 spiro atoms. The number of carboxylic acids is 1. The molecule has 7 nitrogen and oxygen atoms in total. The lowest BCUT2D eigenvalue weighted by atomic mass is 9.92. The van der Waals surface area contributed by atoms with Gasteiger partial charge in [0.15, 0.2) is 11.5 Å². The maximum atomic E-state index is 12.2. The number of fused-ring (bicyclic) bond motifs is 2. The molecule has 0 bridgehead atoms. The Bertz CT molecular complexity index is 1180. The van der Waals surface area contributed by atoms with Crippen molar-refractivity contribution in [3.63, 3.8) is 0 Å². The molecule has 0 saturated heterocycles. The molecular formula is C24H24N2O5. The van der Waals surface area contributed by atoms with Crippen LogP contribution in [0.5, 0.6) is 17.2 Å². The molecule has 3 aromatic rings. The van der Waals surface area contributed by atoms with E-state index in [0.717, 1.165) is 16.7 Å². The number of benzene rings is 2. The quantitative estimate of drug-likeness (QED) is 0.669. The largest absolute Gasteiger partial charge is 0.493 e. The van der Waals surface area contributed by atoms with Crippen LogP contribution in [0.2, 0.25) is 0 Å². The molecule has 0 radical (unpaired) electrons. The summed E-state index contributed by atoms with van der Waals surface area (Å²) < 4.78 is 16.3. The van der Waals surface area contributed by atoms with Crippen LogP contribution in [-0.4, -0.2) is 55.9 Å². The second-order valence-corrected chi connectivity index (χ2v) is 7.44. The van der Waals surface area contributed by atoms with E-state index >= 15 is 0 Å². The molecule has 160 valence electrons. The van der Waals surface area contributed by atoms with E-state index < -0.39 is 5.97 Å². The summed E-state index contributed by atoms with van der Waals surface area (Å²) in [6, 6.07) is 11.1. The van der Waals surface area contributed by atoms with Crippen molar-refractivity contribution in [2.75, 3.05) is 34.9 Å². The van der Waals surface area contributed by atoms with E-state index in [-0.39, 0.29) is 0 Å². The highest BCUT2D eigenvalue weighted by molar-refractivity contribution is 6.06. The van der Waals surface area contributed by atoms with E-state index in [9.17, 15) is 9.90 Å². The fourth-order valence-corrected chi connectivity index (χ4v) is 4.11. The average molecular weight is 420 g/mol. The maximum absolute atomic E-state index is 12.2. The number of carboxylic acid groups (broad SMARTS) is 1. The van der Waals surface area contributed by atoms with Gasteiger partial charge in [-0.1, -0.05) is 18.2 Å². The smallest absolute Gasteiger partial charge is 0.336 e. The van der Waals surface area contributed by atoms with Crippen LogP contribution in [0.15, 0.2) is 36.4 Å². The van der Waals surface area contributed by atoms with E-state index in [1.54, 1.807) is 21.3 Å². The van der Waals surface area contributed by atoms with Crippen molar-refractivity contribution in [1.82, 2.24) is 9.88 Å². The first kappa shape index (κ1) is 20.7. The van der Waals surface area contributed by atoms with E-state index in [2.05, 4.69) is 4.90 Å². The Morgan fingerprint density at radius 3 is 2.35 bits per heavy atom. The van der Waals surface area contributed by atoms with Gasteiger partial charge in [-0.25, -0.2) is 9.78 Å². The summed E-state index contributed by atoms with van der Waals surface area (Å²) in [6.45, 7) is 1.15. The lowest BCUT2D eigenvalue weighted by molar-refractivity contribution is 0.0696. The minimum absolute atomic E-state index is 0.308. The zero-order chi connectivity index (χ0) is 22.1. The molecule has 4 rings (SSSR count). The maximum Gasteiger partial charge on any atom is 0.336 e. The number of hydrogen-bond donors (Lipinski definition) is 1. The standard InChI is InChI=1S/C24H24N2O5/c1-26-12-15(9-14-10-19(29-2)23(31-4)20(11-14)30-3)22-17(13-26)21(24(27)28)16-7-5-6-8-18(16)25-22/h5-11H,12-13H2,1-4H3,(H,27,28)/b15-9+. The zero-order valence-electron chi connectivity index (χ0n) is 17.9. The molecule has 1 N–H and O–H groups in total. The van der Waals surface area contributed by atoms with Crippen molar-refractivity contribution < 1.29 is 24.1 Å². The van der Waals surface area contributed by atoms with Gasteiger partial charge in [-0.2, -0.15) is 0 Å². The van der Waals surface area contributed by atoms with Crippen LogP contribution in [0.4, 0.5) is 0 Å². The van der Waals surface area contributed by atoms with E-state index in [1.165, 1.54) is 0 Å². The fourth-order valence-electron chi connectivity index (χ4n) is 4.11. The molecule has 0 amide bonds. The monoisotopic (exact) mass is 420 g/mol. The number of aromatic nitrogens is 1. The highest BCUT2D eigenvalue weighted by Gasteiger charge is 2.27. The lowest BCUT2D eigenvalue weighted by Gasteiger charge is -2.28. The minimum Gasteiger partial charge on any atom is -0.493 e. The average Bonchev–Trinajstić information content (AvgIpc) is 2.76. The van der Waals surface area contributed by atoms with Crippen LogP contribution >= 0.6 is 0 Å². The van der Waals surface area contributed by atoms with Crippen molar-refractivity contribution >= 4 is 28.5 Å². The summed E-state index contributed by atoms with van der Waals surface area (Å²) in [5.74, 6) is 0.675. The van der Waals surface area contributed by atoms with Gasteiger partial charge >= 0.3 is 5.97 Å². The molecule has 0 unspecified atom stereocenters. The molecule has 31 heavy (non-hydrogen) atoms. The van der Waals surface area contributed by atoms with Gasteiger partial charge in [0, 0.05) is 24.0 Å². The third kappa shape index (κ3) is 3.68. The van der Waals surface area contributed by atoms with Crippen LogP contribution in [-0.2, 0) is 6.54 Å². The molecule has 1 aromatic heterocycles. The van der Waals surface area contributed by atoms with Crippen molar-refractivity contribution in [3.05, 3.63) is 58.8 Å². The van der Waals surface area contributed by atoms with E-state index in [1.807, 2.05) is 49.5 Å². The third-order valence-electron chi connectivity index (χ3n) is 5.41. The number of pyridine rings is 1. The van der Waals surface area contributed by atoms with Crippen molar-refractivity contribution in [2.45, 2.75) is 6.54 Å². The normalized spacial score (nSPS) is 15.0. The molecule has 0 saturated carbocycles. The third-order valence-corrected chi connectivity index (χ3v) is 5.41. The van der Waals surface area contributed by atoms with Gasteiger partial charge in [-0.3, -0.25) is 4.90 Å². The molecule has 0 atom stereocenters. The molecule has 2 aromatic carbocycles. The van der Waals surface area contributed by atoms with Gasteiger partial charge in [0.05, 0.1) is 38.1 Å². The molecule has 0 fully saturated rings. The van der Waals surface area contributed by atoms with Gasteiger partial charge in [0.1, 0.15) is 0 Å². The summed E-state index contributed by atoms with van der Waals surface area (Å²) >= 11 is 0. The number of ether oxygens (including phenoxy) is 3. The van der Waals surface area contributed by atoms with Gasteiger partial charge in [0.25, 0.3) is 0 Å². The number of nitrogens with zero attached hydrogens (tertiary/aromatic N) is 2. The zero-order valence-corrected chi connectivity index (χ0v) is 17.9. The molecular weight excluding hydrogens is 396 g/mol. The van der Waals surface area contributed by atoms with Crippen molar-refractivity contribution in [1.29, 1.82) is 0 Å². The Labute approximate surface area is 180 Å². The first-order chi connectivity index (χ1) is 15.0. The van der Waals surface area contributed by atoms with Crippen molar-refractivity contribution in [2.24, 2.45) is 0 Å².